The van der Waals surface area contributed by atoms with E-state index < -0.39 is 0 Å². The Morgan fingerprint density at radius 1 is 0.903 bits per heavy atom. The predicted molar refractivity (Wildman–Crippen MR) is 122 cm³/mol. The number of likely N-dealkylation sites (N-methyl/N-ethyl adjacent to an activating group) is 1. The zero-order chi connectivity index (χ0) is 21.8. The molecule has 1 aromatic heterocycles. The van der Waals surface area contributed by atoms with Gasteiger partial charge in [-0.25, -0.2) is 9.97 Å². The standard InChI is InChI=1S/C24H27N5O2/c1-17-22(18(2)26-24(25-17)29-15-13-28(3)14-16-29)27-23(30)20-11-7-8-12-21(20)31-19-9-5-4-6-10-19/h4-12H,13-16H2,1-3H3,(H,27,30). The lowest BCUT2D eigenvalue weighted by Crippen LogP contribution is -2.45. The third-order valence-electron chi connectivity index (χ3n) is 5.39. The summed E-state index contributed by atoms with van der Waals surface area (Å²) in [5, 5.41) is 2.99. The van der Waals surface area contributed by atoms with Crippen LogP contribution in [0.25, 0.3) is 0 Å². The second-order valence-corrected chi connectivity index (χ2v) is 7.73. The number of para-hydroxylation sites is 2. The number of rotatable bonds is 5. The average Bonchev–Trinajstić information content (AvgIpc) is 2.77. The number of nitrogens with zero attached hydrogens (tertiary/aromatic N) is 4. The summed E-state index contributed by atoms with van der Waals surface area (Å²) in [7, 11) is 2.12. The summed E-state index contributed by atoms with van der Waals surface area (Å²) in [6.45, 7) is 7.55. The molecule has 2 heterocycles. The summed E-state index contributed by atoms with van der Waals surface area (Å²) in [6, 6.07) is 16.6. The molecule has 0 unspecified atom stereocenters. The van der Waals surface area contributed by atoms with E-state index in [1.807, 2.05) is 56.3 Å². The second kappa shape index (κ2) is 9.14. The summed E-state index contributed by atoms with van der Waals surface area (Å²) >= 11 is 0. The molecule has 0 atom stereocenters. The number of carbonyl (C=O) groups excluding carboxylic acids is 1. The van der Waals surface area contributed by atoms with E-state index in [0.717, 1.165) is 37.6 Å². The van der Waals surface area contributed by atoms with E-state index in [1.54, 1.807) is 12.1 Å². The Balaban J connectivity index is 1.54. The van der Waals surface area contributed by atoms with Crippen LogP contribution in [0.4, 0.5) is 11.6 Å². The molecule has 1 fully saturated rings. The Labute approximate surface area is 182 Å². The minimum Gasteiger partial charge on any atom is -0.457 e. The fraction of sp³-hybridized carbons (Fsp3) is 0.292. The van der Waals surface area contributed by atoms with Gasteiger partial charge in [0.15, 0.2) is 0 Å². The molecule has 0 bridgehead atoms. The SMILES string of the molecule is Cc1nc(N2CCN(C)CC2)nc(C)c1NC(=O)c1ccccc1Oc1ccccc1. The van der Waals surface area contributed by atoms with E-state index in [-0.39, 0.29) is 5.91 Å². The van der Waals surface area contributed by atoms with Crippen LogP contribution in [0, 0.1) is 13.8 Å². The summed E-state index contributed by atoms with van der Waals surface area (Å²) in [6.07, 6.45) is 0. The van der Waals surface area contributed by atoms with Crippen LogP contribution in [0.15, 0.2) is 54.6 Å². The Kier molecular flexibility index (Phi) is 6.13. The maximum Gasteiger partial charge on any atom is 0.259 e. The van der Waals surface area contributed by atoms with Gasteiger partial charge in [-0.1, -0.05) is 30.3 Å². The zero-order valence-corrected chi connectivity index (χ0v) is 18.1. The lowest BCUT2D eigenvalue weighted by atomic mass is 10.1. The summed E-state index contributed by atoms with van der Waals surface area (Å²) in [5.41, 5.74) is 2.58. The van der Waals surface area contributed by atoms with Crippen molar-refractivity contribution in [1.82, 2.24) is 14.9 Å². The van der Waals surface area contributed by atoms with Gasteiger partial charge in [0, 0.05) is 26.2 Å². The van der Waals surface area contributed by atoms with Crippen LogP contribution in [-0.2, 0) is 0 Å². The van der Waals surface area contributed by atoms with Crippen molar-refractivity contribution in [2.45, 2.75) is 13.8 Å². The molecule has 2 aromatic carbocycles. The van der Waals surface area contributed by atoms with Crippen molar-refractivity contribution < 1.29 is 9.53 Å². The van der Waals surface area contributed by atoms with E-state index in [9.17, 15) is 4.79 Å². The number of anilines is 2. The van der Waals surface area contributed by atoms with Crippen LogP contribution in [0.5, 0.6) is 11.5 Å². The smallest absolute Gasteiger partial charge is 0.259 e. The number of amides is 1. The fourth-order valence-corrected chi connectivity index (χ4v) is 3.57. The molecule has 0 saturated carbocycles. The number of hydrogen-bond acceptors (Lipinski definition) is 6. The molecule has 1 aliphatic heterocycles. The molecule has 1 aliphatic rings. The van der Waals surface area contributed by atoms with Crippen LogP contribution in [0.2, 0.25) is 0 Å². The molecule has 1 amide bonds. The number of benzene rings is 2. The van der Waals surface area contributed by atoms with Gasteiger partial charge in [-0.3, -0.25) is 4.79 Å². The topological polar surface area (TPSA) is 70.6 Å². The highest BCUT2D eigenvalue weighted by molar-refractivity contribution is 6.06. The minimum atomic E-state index is -0.256. The highest BCUT2D eigenvalue weighted by Crippen LogP contribution is 2.27. The summed E-state index contributed by atoms with van der Waals surface area (Å²) in [5.74, 6) is 1.63. The molecule has 1 saturated heterocycles. The van der Waals surface area contributed by atoms with Crippen LogP contribution >= 0.6 is 0 Å². The van der Waals surface area contributed by atoms with Crippen molar-refractivity contribution in [3.63, 3.8) is 0 Å². The van der Waals surface area contributed by atoms with Crippen LogP contribution in [-0.4, -0.2) is 54.0 Å². The Morgan fingerprint density at radius 2 is 1.52 bits per heavy atom. The van der Waals surface area contributed by atoms with Gasteiger partial charge in [0.25, 0.3) is 5.91 Å². The lowest BCUT2D eigenvalue weighted by molar-refractivity contribution is 0.102. The second-order valence-electron chi connectivity index (χ2n) is 7.73. The molecule has 0 aliphatic carbocycles. The van der Waals surface area contributed by atoms with E-state index in [0.29, 0.717) is 28.7 Å². The quantitative estimate of drug-likeness (QED) is 0.679. The molecule has 160 valence electrons. The zero-order valence-electron chi connectivity index (χ0n) is 18.1. The van der Waals surface area contributed by atoms with Crippen molar-refractivity contribution in [3.8, 4) is 11.5 Å². The number of piperazine rings is 1. The van der Waals surface area contributed by atoms with E-state index >= 15 is 0 Å². The molecular weight excluding hydrogens is 390 g/mol. The molecule has 7 nitrogen and oxygen atoms in total. The van der Waals surface area contributed by atoms with Gasteiger partial charge in [-0.05, 0) is 45.2 Å². The van der Waals surface area contributed by atoms with Gasteiger partial charge >= 0.3 is 0 Å². The van der Waals surface area contributed by atoms with Gasteiger partial charge < -0.3 is 19.9 Å². The van der Waals surface area contributed by atoms with Crippen LogP contribution < -0.4 is 15.0 Å². The molecule has 7 heteroatoms. The molecule has 4 rings (SSSR count). The first-order chi connectivity index (χ1) is 15.0. The maximum absolute atomic E-state index is 13.1. The van der Waals surface area contributed by atoms with Gasteiger partial charge in [0.05, 0.1) is 22.6 Å². The normalized spacial score (nSPS) is 14.4. The van der Waals surface area contributed by atoms with E-state index in [2.05, 4.69) is 32.1 Å². The largest absolute Gasteiger partial charge is 0.457 e. The third-order valence-corrected chi connectivity index (χ3v) is 5.39. The van der Waals surface area contributed by atoms with Crippen molar-refractivity contribution >= 4 is 17.5 Å². The molecular formula is C24H27N5O2. The molecule has 31 heavy (non-hydrogen) atoms. The van der Waals surface area contributed by atoms with Gasteiger partial charge in [0.2, 0.25) is 5.95 Å². The average molecular weight is 418 g/mol. The first-order valence-corrected chi connectivity index (χ1v) is 10.4. The summed E-state index contributed by atoms with van der Waals surface area (Å²) < 4.78 is 5.93. The highest BCUT2D eigenvalue weighted by atomic mass is 16.5. The third kappa shape index (κ3) is 4.83. The van der Waals surface area contributed by atoms with Crippen LogP contribution in [0.1, 0.15) is 21.7 Å². The van der Waals surface area contributed by atoms with Gasteiger partial charge in [-0.2, -0.15) is 0 Å². The minimum absolute atomic E-state index is 0.256. The number of nitrogens with one attached hydrogen (secondary N) is 1. The maximum atomic E-state index is 13.1. The van der Waals surface area contributed by atoms with Crippen molar-refractivity contribution in [2.75, 3.05) is 43.4 Å². The monoisotopic (exact) mass is 417 g/mol. The molecule has 1 N–H and O–H groups in total. The van der Waals surface area contributed by atoms with Gasteiger partial charge in [0.1, 0.15) is 11.5 Å². The molecule has 0 radical (unpaired) electrons. The molecule has 0 spiro atoms. The number of hydrogen-bond donors (Lipinski definition) is 1. The van der Waals surface area contributed by atoms with Crippen molar-refractivity contribution in [1.29, 1.82) is 0 Å². The van der Waals surface area contributed by atoms with Crippen molar-refractivity contribution in [2.24, 2.45) is 0 Å². The van der Waals surface area contributed by atoms with E-state index in [1.165, 1.54) is 0 Å². The number of ether oxygens (including phenoxy) is 1. The first-order valence-electron chi connectivity index (χ1n) is 10.4. The lowest BCUT2D eigenvalue weighted by Gasteiger charge is -2.32. The first kappa shape index (κ1) is 20.8. The Bertz CT molecular complexity index is 1040. The summed E-state index contributed by atoms with van der Waals surface area (Å²) in [4.78, 5) is 26.9. The Hall–Kier alpha value is -3.45. The fourth-order valence-electron chi connectivity index (χ4n) is 3.57. The highest BCUT2D eigenvalue weighted by Gasteiger charge is 2.20. The number of carbonyl (C=O) groups is 1. The number of aryl methyl sites for hydroxylation is 2. The number of aromatic nitrogens is 2. The van der Waals surface area contributed by atoms with Crippen LogP contribution in [0.3, 0.4) is 0 Å². The van der Waals surface area contributed by atoms with E-state index in [4.69, 9.17) is 4.74 Å². The van der Waals surface area contributed by atoms with Crippen molar-refractivity contribution in [3.05, 3.63) is 71.5 Å². The van der Waals surface area contributed by atoms with Gasteiger partial charge in [-0.15, -0.1) is 0 Å². The predicted octanol–water partition coefficient (Wildman–Crippen LogP) is 3.89. The Morgan fingerprint density at radius 3 is 2.19 bits per heavy atom. The molecule has 3 aromatic rings.